The van der Waals surface area contributed by atoms with Gasteiger partial charge >= 0.3 is 5.97 Å². The van der Waals surface area contributed by atoms with Crippen LogP contribution < -0.4 is 0 Å². The molecule has 0 aromatic carbocycles. The van der Waals surface area contributed by atoms with Crippen LogP contribution in [0.2, 0.25) is 0 Å². The first kappa shape index (κ1) is 14.7. The first-order valence-corrected chi connectivity index (χ1v) is 5.85. The Labute approximate surface area is 106 Å². The van der Waals surface area contributed by atoms with E-state index < -0.39 is 18.2 Å². The second-order valence-corrected chi connectivity index (χ2v) is 4.21. The van der Waals surface area contributed by atoms with Gasteiger partial charge in [0.05, 0.1) is 32.1 Å². The number of likely N-dealkylation sites (N-methyl/N-ethyl adjacent to an activating group) is 1. The summed E-state index contributed by atoms with van der Waals surface area (Å²) in [5.74, 6) is -1.79. The molecule has 0 bridgehead atoms. The standard InChI is InChI=1S/C12H19NO5/c1-3-4-9(7-10(14)15)12(16)13(2)8-11-17-5-6-18-11/h3,9,11H,1,4-8H2,2H3,(H,14,15). The molecule has 1 aliphatic heterocycles. The molecule has 1 N–H and O–H groups in total. The summed E-state index contributed by atoms with van der Waals surface area (Å²) < 4.78 is 10.5. The minimum atomic E-state index is -0.989. The van der Waals surface area contributed by atoms with Crippen molar-refractivity contribution in [3.63, 3.8) is 0 Å². The number of rotatable bonds is 7. The van der Waals surface area contributed by atoms with Crippen LogP contribution in [0.3, 0.4) is 0 Å². The minimum Gasteiger partial charge on any atom is -0.481 e. The van der Waals surface area contributed by atoms with E-state index in [-0.39, 0.29) is 12.3 Å². The maximum atomic E-state index is 12.1. The van der Waals surface area contributed by atoms with Crippen molar-refractivity contribution in [2.75, 3.05) is 26.8 Å². The lowest BCUT2D eigenvalue weighted by molar-refractivity contribution is -0.146. The summed E-state index contributed by atoms with van der Waals surface area (Å²) in [6, 6.07) is 0. The van der Waals surface area contributed by atoms with Gasteiger partial charge in [-0.15, -0.1) is 6.58 Å². The van der Waals surface area contributed by atoms with Crippen molar-refractivity contribution in [2.45, 2.75) is 19.1 Å². The Morgan fingerprint density at radius 3 is 2.61 bits per heavy atom. The van der Waals surface area contributed by atoms with Crippen LogP contribution in [0.15, 0.2) is 12.7 Å². The normalized spacial score (nSPS) is 17.4. The maximum absolute atomic E-state index is 12.1. The molecule has 6 nitrogen and oxygen atoms in total. The molecule has 18 heavy (non-hydrogen) atoms. The Morgan fingerprint density at radius 1 is 1.50 bits per heavy atom. The fourth-order valence-electron chi connectivity index (χ4n) is 1.82. The summed E-state index contributed by atoms with van der Waals surface area (Å²) in [5, 5.41) is 8.77. The van der Waals surface area contributed by atoms with E-state index >= 15 is 0 Å². The van der Waals surface area contributed by atoms with Crippen molar-refractivity contribution in [1.29, 1.82) is 0 Å². The van der Waals surface area contributed by atoms with E-state index in [2.05, 4.69) is 6.58 Å². The first-order chi connectivity index (χ1) is 8.54. The number of nitrogens with zero attached hydrogens (tertiary/aromatic N) is 1. The molecule has 1 saturated heterocycles. The number of ether oxygens (including phenoxy) is 2. The number of carboxylic acids is 1. The molecule has 0 spiro atoms. The van der Waals surface area contributed by atoms with Crippen LogP contribution in [0.25, 0.3) is 0 Å². The van der Waals surface area contributed by atoms with E-state index in [1.165, 1.54) is 4.90 Å². The maximum Gasteiger partial charge on any atom is 0.304 e. The largest absolute Gasteiger partial charge is 0.481 e. The average Bonchev–Trinajstić information content (AvgIpc) is 2.79. The van der Waals surface area contributed by atoms with E-state index in [0.717, 1.165) is 0 Å². The lowest BCUT2D eigenvalue weighted by Gasteiger charge is -2.24. The minimum absolute atomic E-state index is 0.193. The van der Waals surface area contributed by atoms with E-state index in [4.69, 9.17) is 14.6 Å². The Balaban J connectivity index is 2.51. The van der Waals surface area contributed by atoms with Crippen LogP contribution in [-0.4, -0.2) is 55.0 Å². The molecule has 1 aliphatic rings. The quantitative estimate of drug-likeness (QED) is 0.671. The molecule has 0 aliphatic carbocycles. The molecular weight excluding hydrogens is 238 g/mol. The molecule has 102 valence electrons. The van der Waals surface area contributed by atoms with Crippen LogP contribution in [0.1, 0.15) is 12.8 Å². The van der Waals surface area contributed by atoms with E-state index in [9.17, 15) is 9.59 Å². The molecule has 1 unspecified atom stereocenters. The van der Waals surface area contributed by atoms with Gasteiger partial charge < -0.3 is 19.5 Å². The van der Waals surface area contributed by atoms with E-state index in [1.54, 1.807) is 13.1 Å². The van der Waals surface area contributed by atoms with Gasteiger partial charge in [0, 0.05) is 7.05 Å². The Kier molecular flexibility index (Phi) is 5.80. The zero-order valence-electron chi connectivity index (χ0n) is 10.5. The number of carbonyl (C=O) groups excluding carboxylic acids is 1. The highest BCUT2D eigenvalue weighted by Gasteiger charge is 2.26. The molecule has 1 amide bonds. The van der Waals surface area contributed by atoms with Crippen LogP contribution in [-0.2, 0) is 19.1 Å². The Bertz CT molecular complexity index is 312. The molecule has 6 heteroatoms. The Hall–Kier alpha value is -1.40. The number of amides is 1. The SMILES string of the molecule is C=CCC(CC(=O)O)C(=O)N(C)CC1OCCO1. The van der Waals surface area contributed by atoms with Crippen molar-refractivity contribution < 1.29 is 24.2 Å². The third-order valence-corrected chi connectivity index (χ3v) is 2.71. The number of aliphatic carboxylic acids is 1. The van der Waals surface area contributed by atoms with Crippen LogP contribution >= 0.6 is 0 Å². The second-order valence-electron chi connectivity index (χ2n) is 4.21. The molecule has 0 radical (unpaired) electrons. The monoisotopic (exact) mass is 257 g/mol. The molecule has 0 aromatic heterocycles. The predicted octanol–water partition coefficient (Wildman–Crippen LogP) is 0.485. The zero-order valence-corrected chi connectivity index (χ0v) is 10.5. The predicted molar refractivity (Wildman–Crippen MR) is 63.9 cm³/mol. The number of carboxylic acid groups (broad SMARTS) is 1. The lowest BCUT2D eigenvalue weighted by atomic mass is 10.00. The number of hydrogen-bond donors (Lipinski definition) is 1. The molecule has 1 rings (SSSR count). The third kappa shape index (κ3) is 4.46. The highest BCUT2D eigenvalue weighted by atomic mass is 16.7. The Morgan fingerprint density at radius 2 is 2.11 bits per heavy atom. The van der Waals surface area contributed by atoms with Gasteiger partial charge in [0.2, 0.25) is 5.91 Å². The summed E-state index contributed by atoms with van der Waals surface area (Å²) in [6.45, 7) is 4.90. The molecule has 1 atom stereocenters. The van der Waals surface area contributed by atoms with Crippen LogP contribution in [0.4, 0.5) is 0 Å². The lowest BCUT2D eigenvalue weighted by Crippen LogP contribution is -2.39. The van der Waals surface area contributed by atoms with Crippen LogP contribution in [0, 0.1) is 5.92 Å². The summed E-state index contributed by atoms with van der Waals surface area (Å²) in [5.41, 5.74) is 0. The number of hydrogen-bond acceptors (Lipinski definition) is 4. The van der Waals surface area contributed by atoms with E-state index in [1.807, 2.05) is 0 Å². The van der Waals surface area contributed by atoms with Crippen molar-refractivity contribution in [3.05, 3.63) is 12.7 Å². The highest BCUT2D eigenvalue weighted by Crippen LogP contribution is 2.14. The summed E-state index contributed by atoms with van der Waals surface area (Å²) in [6.07, 6.45) is 1.30. The molecule has 1 heterocycles. The highest BCUT2D eigenvalue weighted by molar-refractivity contribution is 5.83. The van der Waals surface area contributed by atoms with Crippen molar-refractivity contribution in [3.8, 4) is 0 Å². The van der Waals surface area contributed by atoms with Gasteiger partial charge in [-0.2, -0.15) is 0 Å². The first-order valence-electron chi connectivity index (χ1n) is 5.85. The van der Waals surface area contributed by atoms with Crippen molar-refractivity contribution in [1.82, 2.24) is 4.90 Å². The average molecular weight is 257 g/mol. The summed E-state index contributed by atoms with van der Waals surface area (Å²) in [7, 11) is 1.62. The van der Waals surface area contributed by atoms with Gasteiger partial charge in [0.25, 0.3) is 0 Å². The fourth-order valence-corrected chi connectivity index (χ4v) is 1.82. The summed E-state index contributed by atoms with van der Waals surface area (Å²) in [4.78, 5) is 24.2. The fraction of sp³-hybridized carbons (Fsp3) is 0.667. The van der Waals surface area contributed by atoms with Gasteiger partial charge in [-0.3, -0.25) is 9.59 Å². The molecule has 0 aromatic rings. The molecule has 1 fully saturated rings. The molecular formula is C12H19NO5. The summed E-state index contributed by atoms with van der Waals surface area (Å²) >= 11 is 0. The van der Waals surface area contributed by atoms with Gasteiger partial charge in [0.1, 0.15) is 0 Å². The van der Waals surface area contributed by atoms with Crippen molar-refractivity contribution >= 4 is 11.9 Å². The number of allylic oxidation sites excluding steroid dienone is 1. The van der Waals surface area contributed by atoms with Crippen LogP contribution in [0.5, 0.6) is 0 Å². The number of carbonyl (C=O) groups is 2. The third-order valence-electron chi connectivity index (χ3n) is 2.71. The topological polar surface area (TPSA) is 76.1 Å². The molecule has 0 saturated carbocycles. The van der Waals surface area contributed by atoms with Gasteiger partial charge in [-0.1, -0.05) is 6.08 Å². The van der Waals surface area contributed by atoms with E-state index in [0.29, 0.717) is 26.2 Å². The van der Waals surface area contributed by atoms with Crippen molar-refractivity contribution in [2.24, 2.45) is 5.92 Å². The van der Waals surface area contributed by atoms with Gasteiger partial charge in [0.15, 0.2) is 6.29 Å². The van der Waals surface area contributed by atoms with Gasteiger partial charge in [-0.05, 0) is 6.42 Å². The zero-order chi connectivity index (χ0) is 13.5. The second kappa shape index (κ2) is 7.13. The van der Waals surface area contributed by atoms with Gasteiger partial charge in [-0.25, -0.2) is 0 Å². The smallest absolute Gasteiger partial charge is 0.304 e.